The third kappa shape index (κ3) is 3.55. The minimum atomic E-state index is -5.10. The van der Waals surface area contributed by atoms with Gasteiger partial charge in [0.1, 0.15) is 0 Å². The standard InChI is InChI=1S/C10H7F5N2O/c1-5-6(2-3-16)4-7(8(11)12)9(17-5)18-10(13,14)15/h4,8H,2H2,1H3. The van der Waals surface area contributed by atoms with Crippen molar-refractivity contribution in [3.05, 3.63) is 22.9 Å². The molecule has 0 atom stereocenters. The van der Waals surface area contributed by atoms with Crippen molar-refractivity contribution in [2.75, 3.05) is 0 Å². The molecule has 0 bridgehead atoms. The lowest BCUT2D eigenvalue weighted by Crippen LogP contribution is -2.19. The molecule has 8 heteroatoms. The molecule has 0 aliphatic rings. The first kappa shape index (κ1) is 14.2. The van der Waals surface area contributed by atoms with E-state index in [9.17, 15) is 22.0 Å². The average molecular weight is 266 g/mol. The van der Waals surface area contributed by atoms with Gasteiger partial charge in [0, 0.05) is 5.69 Å². The van der Waals surface area contributed by atoms with Gasteiger partial charge in [-0.25, -0.2) is 13.8 Å². The summed E-state index contributed by atoms with van der Waals surface area (Å²) >= 11 is 0. The minimum Gasteiger partial charge on any atom is -0.387 e. The number of rotatable bonds is 3. The van der Waals surface area contributed by atoms with Gasteiger partial charge in [0.15, 0.2) is 0 Å². The van der Waals surface area contributed by atoms with E-state index in [2.05, 4.69) is 9.72 Å². The van der Waals surface area contributed by atoms with Crippen LogP contribution in [-0.2, 0) is 6.42 Å². The number of nitriles is 1. The molecule has 3 nitrogen and oxygen atoms in total. The van der Waals surface area contributed by atoms with E-state index in [1.54, 1.807) is 6.07 Å². The molecule has 1 heterocycles. The maximum Gasteiger partial charge on any atom is 0.574 e. The molecule has 0 N–H and O–H groups in total. The summed E-state index contributed by atoms with van der Waals surface area (Å²) in [7, 11) is 0. The van der Waals surface area contributed by atoms with Gasteiger partial charge >= 0.3 is 6.36 Å². The summed E-state index contributed by atoms with van der Waals surface area (Å²) in [5, 5.41) is 8.45. The molecule has 1 rings (SSSR count). The summed E-state index contributed by atoms with van der Waals surface area (Å²) in [6.07, 6.45) is -8.49. The monoisotopic (exact) mass is 266 g/mol. The van der Waals surface area contributed by atoms with Crippen LogP contribution in [0.25, 0.3) is 0 Å². The lowest BCUT2D eigenvalue weighted by Gasteiger charge is -2.14. The molecule has 0 fully saturated rings. The Morgan fingerprint density at radius 2 is 2.06 bits per heavy atom. The normalized spacial score (nSPS) is 11.4. The van der Waals surface area contributed by atoms with Crippen molar-refractivity contribution in [2.45, 2.75) is 26.1 Å². The zero-order valence-electron chi connectivity index (χ0n) is 9.05. The van der Waals surface area contributed by atoms with E-state index in [4.69, 9.17) is 5.26 Å². The highest BCUT2D eigenvalue weighted by atomic mass is 19.4. The first-order chi connectivity index (χ1) is 8.24. The molecule has 1 aromatic rings. The van der Waals surface area contributed by atoms with E-state index in [1.165, 1.54) is 6.92 Å². The summed E-state index contributed by atoms with van der Waals surface area (Å²) in [5.74, 6) is -1.18. The molecular formula is C10H7F5N2O. The van der Waals surface area contributed by atoms with E-state index in [-0.39, 0.29) is 17.7 Å². The van der Waals surface area contributed by atoms with Crippen molar-refractivity contribution >= 4 is 0 Å². The van der Waals surface area contributed by atoms with Crippen molar-refractivity contribution in [1.29, 1.82) is 5.26 Å². The van der Waals surface area contributed by atoms with Crippen LogP contribution in [0.2, 0.25) is 0 Å². The molecule has 0 radical (unpaired) electrons. The number of pyridine rings is 1. The van der Waals surface area contributed by atoms with Crippen molar-refractivity contribution in [3.63, 3.8) is 0 Å². The number of aromatic nitrogens is 1. The smallest absolute Gasteiger partial charge is 0.387 e. The molecule has 18 heavy (non-hydrogen) atoms. The van der Waals surface area contributed by atoms with Gasteiger partial charge in [0.2, 0.25) is 5.88 Å². The van der Waals surface area contributed by atoms with Gasteiger partial charge in [0.25, 0.3) is 6.43 Å². The van der Waals surface area contributed by atoms with Gasteiger partial charge in [-0.15, -0.1) is 13.2 Å². The predicted molar refractivity (Wildman–Crippen MR) is 49.9 cm³/mol. The molecule has 0 saturated carbocycles. The highest BCUT2D eigenvalue weighted by Gasteiger charge is 2.34. The SMILES string of the molecule is Cc1nc(OC(F)(F)F)c(C(F)F)cc1CC#N. The lowest BCUT2D eigenvalue weighted by molar-refractivity contribution is -0.276. The zero-order valence-corrected chi connectivity index (χ0v) is 9.05. The third-order valence-corrected chi connectivity index (χ3v) is 2.03. The average Bonchev–Trinajstić information content (AvgIpc) is 2.19. The molecule has 0 amide bonds. The largest absolute Gasteiger partial charge is 0.574 e. The van der Waals surface area contributed by atoms with Gasteiger partial charge in [-0.2, -0.15) is 5.26 Å². The quantitative estimate of drug-likeness (QED) is 0.788. The first-order valence-corrected chi connectivity index (χ1v) is 4.66. The second kappa shape index (κ2) is 5.16. The van der Waals surface area contributed by atoms with Crippen LogP contribution >= 0.6 is 0 Å². The fourth-order valence-electron chi connectivity index (χ4n) is 1.25. The Balaban J connectivity index is 3.25. The van der Waals surface area contributed by atoms with E-state index < -0.39 is 24.2 Å². The number of aryl methyl sites for hydroxylation is 1. The van der Waals surface area contributed by atoms with Crippen LogP contribution < -0.4 is 4.74 Å². The summed E-state index contributed by atoms with van der Waals surface area (Å²) in [4.78, 5) is 3.32. The van der Waals surface area contributed by atoms with Gasteiger partial charge in [-0.1, -0.05) is 0 Å². The van der Waals surface area contributed by atoms with Crippen molar-refractivity contribution < 1.29 is 26.7 Å². The number of hydrogen-bond donors (Lipinski definition) is 0. The molecule has 0 aromatic carbocycles. The third-order valence-electron chi connectivity index (χ3n) is 2.03. The van der Waals surface area contributed by atoms with Crippen LogP contribution in [0.4, 0.5) is 22.0 Å². The Morgan fingerprint density at radius 1 is 1.44 bits per heavy atom. The summed E-state index contributed by atoms with van der Waals surface area (Å²) in [5.41, 5.74) is -0.800. The molecule has 0 aliphatic carbocycles. The van der Waals surface area contributed by atoms with Gasteiger partial charge in [0.05, 0.1) is 18.1 Å². The second-order valence-electron chi connectivity index (χ2n) is 3.31. The highest BCUT2D eigenvalue weighted by molar-refractivity contribution is 5.36. The van der Waals surface area contributed by atoms with E-state index >= 15 is 0 Å². The molecule has 0 spiro atoms. The second-order valence-corrected chi connectivity index (χ2v) is 3.31. The number of ether oxygens (including phenoxy) is 1. The van der Waals surface area contributed by atoms with Crippen LogP contribution in [0, 0.1) is 18.3 Å². The Morgan fingerprint density at radius 3 is 2.50 bits per heavy atom. The van der Waals surface area contributed by atoms with Crippen molar-refractivity contribution in [3.8, 4) is 11.9 Å². The maximum atomic E-state index is 12.6. The lowest BCUT2D eigenvalue weighted by atomic mass is 10.1. The van der Waals surface area contributed by atoms with Crippen LogP contribution in [0.1, 0.15) is 23.2 Å². The minimum absolute atomic E-state index is 0.0419. The number of halogens is 5. The molecule has 0 unspecified atom stereocenters. The van der Waals surface area contributed by atoms with Crippen LogP contribution in [0.3, 0.4) is 0 Å². The van der Waals surface area contributed by atoms with Gasteiger partial charge in [-0.05, 0) is 18.6 Å². The Bertz CT molecular complexity index is 478. The molecule has 0 saturated heterocycles. The van der Waals surface area contributed by atoms with Gasteiger partial charge in [-0.3, -0.25) is 0 Å². The molecule has 0 aliphatic heterocycles. The maximum absolute atomic E-state index is 12.6. The Hall–Kier alpha value is -1.91. The summed E-state index contributed by atoms with van der Waals surface area (Å²) in [6.45, 7) is 1.31. The topological polar surface area (TPSA) is 45.9 Å². The fourth-order valence-corrected chi connectivity index (χ4v) is 1.25. The van der Waals surface area contributed by atoms with E-state index in [0.717, 1.165) is 6.07 Å². The van der Waals surface area contributed by atoms with Crippen LogP contribution in [0.15, 0.2) is 6.07 Å². The Labute approximate surface area is 98.8 Å². The van der Waals surface area contributed by atoms with Crippen LogP contribution in [-0.4, -0.2) is 11.3 Å². The van der Waals surface area contributed by atoms with Crippen molar-refractivity contribution in [1.82, 2.24) is 4.98 Å². The number of alkyl halides is 5. The molecule has 98 valence electrons. The van der Waals surface area contributed by atoms with Crippen LogP contribution in [0.5, 0.6) is 5.88 Å². The number of hydrogen-bond acceptors (Lipinski definition) is 3. The summed E-state index contributed by atoms with van der Waals surface area (Å²) in [6, 6.07) is 2.51. The zero-order chi connectivity index (χ0) is 13.9. The van der Waals surface area contributed by atoms with Crippen molar-refractivity contribution in [2.24, 2.45) is 0 Å². The van der Waals surface area contributed by atoms with E-state index in [1.807, 2.05) is 0 Å². The molecule has 1 aromatic heterocycles. The Kier molecular flexibility index (Phi) is 4.06. The molecular weight excluding hydrogens is 259 g/mol. The predicted octanol–water partition coefficient (Wildman–Crippen LogP) is 3.29. The first-order valence-electron chi connectivity index (χ1n) is 4.66. The number of nitrogens with zero attached hydrogens (tertiary/aromatic N) is 2. The summed E-state index contributed by atoms with van der Waals surface area (Å²) < 4.78 is 64.6. The van der Waals surface area contributed by atoms with E-state index in [0.29, 0.717) is 0 Å². The fraction of sp³-hybridized carbons (Fsp3) is 0.400. The highest BCUT2D eigenvalue weighted by Crippen LogP contribution is 2.32. The van der Waals surface area contributed by atoms with Gasteiger partial charge < -0.3 is 4.74 Å².